The molecule has 1 aromatic heterocycles. The van der Waals surface area contributed by atoms with Crippen LogP contribution in [-0.2, 0) is 6.42 Å². The lowest BCUT2D eigenvalue weighted by atomic mass is 10.2. The molecule has 0 atom stereocenters. The molecule has 0 unspecified atom stereocenters. The molecular weight excluding hydrogens is 248 g/mol. The maximum atomic E-state index is 8.95. The van der Waals surface area contributed by atoms with Gasteiger partial charge in [-0.1, -0.05) is 11.3 Å². The average Bonchev–Trinajstić information content (AvgIpc) is 2.66. The summed E-state index contributed by atoms with van der Waals surface area (Å²) in [7, 11) is 0. The number of aliphatic hydroxyl groups excluding tert-OH is 1. The Morgan fingerprint density at radius 2 is 2.28 bits per heavy atom. The lowest BCUT2D eigenvalue weighted by molar-refractivity contribution is -0.570. The van der Waals surface area contributed by atoms with Crippen molar-refractivity contribution in [3.05, 3.63) is 21.7 Å². The van der Waals surface area contributed by atoms with Gasteiger partial charge in [0.05, 0.1) is 4.88 Å². The number of thiazole rings is 1. The number of aliphatic hydroxyl groups is 1. The molecule has 1 aliphatic heterocycles. The van der Waals surface area contributed by atoms with Crippen LogP contribution >= 0.6 is 11.3 Å². The van der Waals surface area contributed by atoms with E-state index in [0.717, 1.165) is 10.6 Å². The Bertz CT molecular complexity index is 569. The fourth-order valence-electron chi connectivity index (χ4n) is 1.62. The van der Waals surface area contributed by atoms with Crippen molar-refractivity contribution >= 4 is 35.4 Å². The number of aromatic nitrogens is 1. The van der Waals surface area contributed by atoms with E-state index in [1.807, 2.05) is 23.2 Å². The van der Waals surface area contributed by atoms with Crippen molar-refractivity contribution in [2.45, 2.75) is 20.3 Å². The van der Waals surface area contributed by atoms with Crippen LogP contribution in [-0.4, -0.2) is 29.6 Å². The van der Waals surface area contributed by atoms with E-state index in [9.17, 15) is 0 Å². The van der Waals surface area contributed by atoms with E-state index in [-0.39, 0.29) is 12.4 Å². The van der Waals surface area contributed by atoms with E-state index in [1.54, 1.807) is 24.5 Å². The van der Waals surface area contributed by atoms with Gasteiger partial charge < -0.3 is 5.11 Å². The first-order valence-electron chi connectivity index (χ1n) is 5.61. The molecule has 1 aliphatic rings. The normalized spacial score (nSPS) is 17.4. The van der Waals surface area contributed by atoms with Crippen molar-refractivity contribution in [2.75, 3.05) is 6.61 Å². The zero-order valence-electron chi connectivity index (χ0n) is 10.3. The van der Waals surface area contributed by atoms with Gasteiger partial charge in [0.15, 0.2) is 17.7 Å². The molecule has 0 aromatic carbocycles. The highest BCUT2D eigenvalue weighted by atomic mass is 32.1. The van der Waals surface area contributed by atoms with Gasteiger partial charge in [-0.15, -0.1) is 0 Å². The number of nitrogens with one attached hydrogen (secondary N) is 1. The topological polar surface area (TPSA) is 72.7 Å². The van der Waals surface area contributed by atoms with Crippen molar-refractivity contribution in [2.24, 2.45) is 9.98 Å². The van der Waals surface area contributed by atoms with Crippen molar-refractivity contribution < 1.29 is 9.67 Å². The van der Waals surface area contributed by atoms with Crippen LogP contribution in [0.15, 0.2) is 21.1 Å². The second-order valence-electron chi connectivity index (χ2n) is 3.96. The number of rotatable bonds is 3. The van der Waals surface area contributed by atoms with Gasteiger partial charge in [-0.3, -0.25) is 5.41 Å². The summed E-state index contributed by atoms with van der Waals surface area (Å²) in [5, 5.41) is 16.7. The highest BCUT2D eigenvalue weighted by molar-refractivity contribution is 7.09. The molecule has 18 heavy (non-hydrogen) atoms. The first-order valence-corrected chi connectivity index (χ1v) is 6.49. The Kier molecular flexibility index (Phi) is 3.78. The average molecular weight is 263 g/mol. The summed E-state index contributed by atoms with van der Waals surface area (Å²) in [6.45, 7) is 3.92. The summed E-state index contributed by atoms with van der Waals surface area (Å²) in [5.41, 5.74) is 3.72. The molecule has 94 valence electrons. The van der Waals surface area contributed by atoms with Gasteiger partial charge >= 0.3 is 0 Å². The van der Waals surface area contributed by atoms with E-state index in [2.05, 4.69) is 9.98 Å². The van der Waals surface area contributed by atoms with Crippen molar-refractivity contribution in [3.8, 4) is 0 Å². The number of nitrogens with zero attached hydrogens (tertiary/aromatic N) is 3. The van der Waals surface area contributed by atoms with Crippen LogP contribution in [0.3, 0.4) is 0 Å². The van der Waals surface area contributed by atoms with E-state index in [0.29, 0.717) is 17.8 Å². The minimum atomic E-state index is 0.151. The molecule has 0 saturated carbocycles. The van der Waals surface area contributed by atoms with Crippen LogP contribution in [0.1, 0.15) is 17.5 Å². The van der Waals surface area contributed by atoms with Gasteiger partial charge in [0.2, 0.25) is 5.51 Å². The van der Waals surface area contributed by atoms with Crippen LogP contribution in [0.4, 0.5) is 0 Å². The van der Waals surface area contributed by atoms with Crippen molar-refractivity contribution in [1.29, 1.82) is 5.41 Å². The molecular formula is C12H15N4OS+. The molecule has 0 fully saturated rings. The molecule has 0 radical (unpaired) electrons. The molecule has 6 heteroatoms. The molecule has 2 rings (SSSR count). The van der Waals surface area contributed by atoms with Gasteiger partial charge in [0, 0.05) is 26.2 Å². The molecule has 1 aromatic rings. The Morgan fingerprint density at radius 1 is 1.50 bits per heavy atom. The summed E-state index contributed by atoms with van der Waals surface area (Å²) >= 11 is 1.60. The smallest absolute Gasteiger partial charge is 0.230 e. The predicted molar refractivity (Wildman–Crippen MR) is 73.6 cm³/mol. The third kappa shape index (κ3) is 2.60. The second kappa shape index (κ2) is 5.32. The third-order valence-corrected chi connectivity index (χ3v) is 3.77. The fourth-order valence-corrected chi connectivity index (χ4v) is 2.57. The predicted octanol–water partition coefficient (Wildman–Crippen LogP) is 1.20. The van der Waals surface area contributed by atoms with Gasteiger partial charge in [-0.25, -0.2) is 9.98 Å². The van der Waals surface area contributed by atoms with Gasteiger partial charge in [0.25, 0.3) is 0 Å². The maximum absolute atomic E-state index is 8.95. The lowest BCUT2D eigenvalue weighted by Gasteiger charge is -2.02. The van der Waals surface area contributed by atoms with Gasteiger partial charge in [-0.2, -0.15) is 4.57 Å². The van der Waals surface area contributed by atoms with Crippen molar-refractivity contribution in [3.63, 3.8) is 0 Å². The fraction of sp³-hybridized carbons (Fsp3) is 0.333. The van der Waals surface area contributed by atoms with Gasteiger partial charge in [-0.05, 0) is 6.92 Å². The van der Waals surface area contributed by atoms with Gasteiger partial charge in [0.1, 0.15) is 11.4 Å². The summed E-state index contributed by atoms with van der Waals surface area (Å²) in [6.07, 6.45) is 4.16. The first-order chi connectivity index (χ1) is 8.61. The summed E-state index contributed by atoms with van der Waals surface area (Å²) in [4.78, 5) is 9.26. The van der Waals surface area contributed by atoms with Crippen LogP contribution in [0.5, 0.6) is 0 Å². The molecule has 2 N–H and O–H groups in total. The summed E-state index contributed by atoms with van der Waals surface area (Å²) < 4.78 is 1.95. The van der Waals surface area contributed by atoms with Crippen LogP contribution in [0.25, 0.3) is 6.20 Å². The summed E-state index contributed by atoms with van der Waals surface area (Å²) in [5.74, 6) is 0.828. The maximum Gasteiger partial charge on any atom is 0.230 e. The van der Waals surface area contributed by atoms with E-state index < -0.39 is 0 Å². The molecule has 2 heterocycles. The van der Waals surface area contributed by atoms with Crippen LogP contribution in [0.2, 0.25) is 0 Å². The van der Waals surface area contributed by atoms with Crippen molar-refractivity contribution in [1.82, 2.24) is 0 Å². The minimum absolute atomic E-state index is 0.151. The minimum Gasteiger partial charge on any atom is -0.396 e. The van der Waals surface area contributed by atoms with E-state index in [1.165, 1.54) is 0 Å². The number of amidine groups is 2. The molecule has 0 amide bonds. The lowest BCUT2D eigenvalue weighted by Crippen LogP contribution is -2.29. The zero-order valence-corrected chi connectivity index (χ0v) is 11.2. The number of aliphatic imine (C=N–C) groups is 2. The Morgan fingerprint density at radius 3 is 2.94 bits per heavy atom. The Balaban J connectivity index is 2.29. The molecule has 0 bridgehead atoms. The van der Waals surface area contributed by atoms with Crippen LogP contribution < -0.4 is 4.57 Å². The molecule has 0 spiro atoms. The Hall–Kier alpha value is -1.66. The quantitative estimate of drug-likeness (QED) is 0.790. The molecule has 0 saturated heterocycles. The van der Waals surface area contributed by atoms with Crippen LogP contribution in [0, 0.1) is 12.3 Å². The second-order valence-corrected chi connectivity index (χ2v) is 4.90. The SMILES string of the molecule is CC1=NC(=N)/C(=C\[n+]2csc(CCO)c2C)C=N1. The molecule has 5 nitrogen and oxygen atoms in total. The molecule has 0 aliphatic carbocycles. The number of hydrogen-bond donors (Lipinski definition) is 2. The van der Waals surface area contributed by atoms with E-state index >= 15 is 0 Å². The number of hydrogen-bond acceptors (Lipinski definition) is 4. The zero-order chi connectivity index (χ0) is 13.1. The van der Waals surface area contributed by atoms with E-state index in [4.69, 9.17) is 10.5 Å². The summed E-state index contributed by atoms with van der Waals surface area (Å²) in [6, 6.07) is 0. The third-order valence-electron chi connectivity index (χ3n) is 2.65. The Labute approximate surface area is 109 Å². The standard InChI is InChI=1S/C12H15N4OS/c1-8-11(3-4-17)18-7-16(8)6-10-5-14-9(2)15-12(10)13/h5-7,13,17H,3-4H2,1-2H3/q+1/b10-6-,13-12?. The highest BCUT2D eigenvalue weighted by Crippen LogP contribution is 2.12. The first kappa shape index (κ1) is 12.8. The monoisotopic (exact) mass is 263 g/mol. The largest absolute Gasteiger partial charge is 0.396 e. The highest BCUT2D eigenvalue weighted by Gasteiger charge is 2.16.